The van der Waals surface area contributed by atoms with Crippen LogP contribution in [0.2, 0.25) is 5.02 Å². The summed E-state index contributed by atoms with van der Waals surface area (Å²) in [6.07, 6.45) is -0.654. The maximum Gasteiger partial charge on any atom is 0.161 e. The molecule has 4 atom stereocenters. The van der Waals surface area contributed by atoms with Crippen molar-refractivity contribution in [3.63, 3.8) is 0 Å². The number of hydrogen-bond acceptors (Lipinski definition) is 9. The highest BCUT2D eigenvalue weighted by Gasteiger charge is 2.41. The van der Waals surface area contributed by atoms with Gasteiger partial charge in [-0.3, -0.25) is 0 Å². The summed E-state index contributed by atoms with van der Waals surface area (Å²) in [5.41, 5.74) is 2.63. The van der Waals surface area contributed by atoms with Crippen LogP contribution < -0.4 is 0 Å². The van der Waals surface area contributed by atoms with Crippen LogP contribution in [0.25, 0.3) is 27.2 Å². The number of thiazole rings is 1. The van der Waals surface area contributed by atoms with Gasteiger partial charge in [-0.25, -0.2) is 23.7 Å². The number of aliphatic hydroxyl groups is 2. The molecule has 0 spiro atoms. The predicted octanol–water partition coefficient (Wildman–Crippen LogP) is 3.97. The number of nitrogens with zero attached hydrogens (tertiary/aromatic N) is 7. The Hall–Kier alpha value is -3.29. The first-order chi connectivity index (χ1) is 18.3. The number of halogens is 2. The van der Waals surface area contributed by atoms with Crippen molar-refractivity contribution in [3.8, 4) is 16.9 Å². The summed E-state index contributed by atoms with van der Waals surface area (Å²) in [5, 5.41) is 35.0. The molecule has 2 aromatic carbocycles. The highest BCUT2D eigenvalue weighted by Crippen LogP contribution is 2.38. The molecule has 0 bridgehead atoms. The molecule has 4 unspecified atom stereocenters. The van der Waals surface area contributed by atoms with Crippen molar-refractivity contribution in [2.75, 3.05) is 6.61 Å². The van der Waals surface area contributed by atoms with Crippen LogP contribution >= 0.6 is 22.9 Å². The van der Waals surface area contributed by atoms with Gasteiger partial charge < -0.3 is 14.9 Å². The number of benzene rings is 2. The summed E-state index contributed by atoms with van der Waals surface area (Å²) >= 11 is 7.40. The van der Waals surface area contributed by atoms with Crippen molar-refractivity contribution in [1.29, 1.82) is 0 Å². The van der Waals surface area contributed by atoms with Crippen LogP contribution in [0.15, 0.2) is 42.6 Å². The van der Waals surface area contributed by atoms with Gasteiger partial charge in [0, 0.05) is 12.0 Å². The monoisotopic (exact) mass is 555 g/mol. The van der Waals surface area contributed by atoms with E-state index in [9.17, 15) is 14.6 Å². The topological polar surface area (TPSA) is 124 Å². The van der Waals surface area contributed by atoms with Gasteiger partial charge in [-0.2, -0.15) is 5.10 Å². The van der Waals surface area contributed by atoms with E-state index >= 15 is 0 Å². The molecule has 13 heteroatoms. The van der Waals surface area contributed by atoms with E-state index in [1.807, 2.05) is 25.1 Å². The van der Waals surface area contributed by atoms with Crippen LogP contribution in [0.5, 0.6) is 0 Å². The van der Waals surface area contributed by atoms with Crippen molar-refractivity contribution >= 4 is 33.2 Å². The lowest BCUT2D eigenvalue weighted by atomic mass is 9.95. The van der Waals surface area contributed by atoms with E-state index in [1.165, 1.54) is 16.8 Å². The van der Waals surface area contributed by atoms with Crippen molar-refractivity contribution < 1.29 is 19.3 Å². The standard InChI is InChI=1S/C25H23ClFN7O3S/c1-12-28-25(34(31-12)15-4-6-18-23(8-15)38-13(2)29-18)21-9-20(24(36)22(11-35)37-21)33-10-19(30-32-33)14-3-5-16(26)17(27)7-14/h3-8,10,20-22,24,35-36H,9,11H2,1-2H3. The molecule has 0 amide bonds. The highest BCUT2D eigenvalue weighted by molar-refractivity contribution is 7.18. The third-order valence-electron chi connectivity index (χ3n) is 6.56. The minimum absolute atomic E-state index is 0.0126. The summed E-state index contributed by atoms with van der Waals surface area (Å²) in [5.74, 6) is 0.533. The molecule has 6 rings (SSSR count). The Balaban J connectivity index is 1.35. The molecule has 3 aromatic heterocycles. The Morgan fingerprint density at radius 1 is 1.18 bits per heavy atom. The predicted molar refractivity (Wildman–Crippen MR) is 139 cm³/mol. The second kappa shape index (κ2) is 9.79. The Morgan fingerprint density at radius 2 is 2.03 bits per heavy atom. The molecule has 196 valence electrons. The van der Waals surface area contributed by atoms with Crippen molar-refractivity contribution in [2.45, 2.75) is 44.6 Å². The van der Waals surface area contributed by atoms with E-state index in [0.717, 1.165) is 20.9 Å². The van der Waals surface area contributed by atoms with Gasteiger partial charge in [-0.15, -0.1) is 16.4 Å². The van der Waals surface area contributed by atoms with Gasteiger partial charge in [-0.05, 0) is 44.2 Å². The van der Waals surface area contributed by atoms with E-state index in [0.29, 0.717) is 22.9 Å². The van der Waals surface area contributed by atoms with Gasteiger partial charge in [0.25, 0.3) is 0 Å². The number of fused-ring (bicyclic) bond motifs is 1. The Labute approximate surface area is 225 Å². The highest BCUT2D eigenvalue weighted by atomic mass is 35.5. The average molecular weight is 556 g/mol. The molecule has 5 aromatic rings. The summed E-state index contributed by atoms with van der Waals surface area (Å²) < 4.78 is 24.4. The molecule has 1 saturated heterocycles. The molecule has 0 aliphatic carbocycles. The maximum atomic E-state index is 14.0. The zero-order valence-electron chi connectivity index (χ0n) is 20.4. The van der Waals surface area contributed by atoms with Crippen molar-refractivity contribution in [2.24, 2.45) is 0 Å². The van der Waals surface area contributed by atoms with Crippen molar-refractivity contribution in [1.82, 2.24) is 34.7 Å². The number of ether oxygens (including phenoxy) is 1. The second-order valence-corrected chi connectivity index (χ2v) is 10.8. The smallest absolute Gasteiger partial charge is 0.161 e. The van der Waals surface area contributed by atoms with Crippen LogP contribution in [-0.4, -0.2) is 63.8 Å². The van der Waals surface area contributed by atoms with E-state index in [1.54, 1.807) is 35.2 Å². The molecular weight excluding hydrogens is 533 g/mol. The number of hydrogen-bond donors (Lipinski definition) is 2. The van der Waals surface area contributed by atoms with Gasteiger partial charge in [0.2, 0.25) is 0 Å². The van der Waals surface area contributed by atoms with Crippen molar-refractivity contribution in [3.05, 3.63) is 70.1 Å². The van der Waals surface area contributed by atoms with Crippen LogP contribution in [0, 0.1) is 19.7 Å². The third kappa shape index (κ3) is 4.48. The summed E-state index contributed by atoms with van der Waals surface area (Å²) in [4.78, 5) is 9.16. The van der Waals surface area contributed by atoms with E-state index < -0.39 is 36.8 Å². The minimum atomic E-state index is -1.07. The number of aliphatic hydroxyl groups excluding tert-OH is 2. The molecule has 2 N–H and O–H groups in total. The molecule has 1 aliphatic rings. The van der Waals surface area contributed by atoms with Crippen LogP contribution in [0.3, 0.4) is 0 Å². The lowest BCUT2D eigenvalue weighted by molar-refractivity contribution is -0.161. The first-order valence-electron chi connectivity index (χ1n) is 11.9. The molecule has 1 fully saturated rings. The SMILES string of the molecule is Cc1nc(C2CC(n3cc(-c4ccc(Cl)c(F)c4)nn3)C(O)C(CO)O2)n(-c2ccc3nc(C)sc3c2)n1. The first kappa shape index (κ1) is 25.0. The van der Waals surface area contributed by atoms with Gasteiger partial charge in [0.1, 0.15) is 35.6 Å². The molecule has 0 saturated carbocycles. The Bertz CT molecular complexity index is 1640. The quantitative estimate of drug-likeness (QED) is 0.334. The fraction of sp³-hybridized carbons (Fsp3) is 0.320. The van der Waals surface area contributed by atoms with E-state index in [4.69, 9.17) is 16.3 Å². The fourth-order valence-corrected chi connectivity index (χ4v) is 5.73. The van der Waals surface area contributed by atoms with Crippen LogP contribution in [0.4, 0.5) is 4.39 Å². The summed E-state index contributed by atoms with van der Waals surface area (Å²) in [6.45, 7) is 3.35. The number of aromatic nitrogens is 7. The minimum Gasteiger partial charge on any atom is -0.394 e. The van der Waals surface area contributed by atoms with Gasteiger partial charge >= 0.3 is 0 Å². The normalized spacial score (nSPS) is 21.8. The lowest BCUT2D eigenvalue weighted by Gasteiger charge is -2.38. The average Bonchev–Trinajstić information content (AvgIpc) is 3.63. The van der Waals surface area contributed by atoms with E-state index in [2.05, 4.69) is 25.4 Å². The number of rotatable bonds is 5. The summed E-state index contributed by atoms with van der Waals surface area (Å²) in [6, 6.07) is 9.65. The summed E-state index contributed by atoms with van der Waals surface area (Å²) in [7, 11) is 0. The molecule has 10 nitrogen and oxygen atoms in total. The number of aryl methyl sites for hydroxylation is 2. The van der Waals surface area contributed by atoms with Crippen LogP contribution in [-0.2, 0) is 4.74 Å². The molecule has 38 heavy (non-hydrogen) atoms. The second-order valence-electron chi connectivity index (χ2n) is 9.17. The van der Waals surface area contributed by atoms with Gasteiger partial charge in [0.05, 0.1) is 44.8 Å². The molecule has 0 radical (unpaired) electrons. The Kier molecular flexibility index (Phi) is 6.44. The first-order valence-corrected chi connectivity index (χ1v) is 13.1. The lowest BCUT2D eigenvalue weighted by Crippen LogP contribution is -2.45. The largest absolute Gasteiger partial charge is 0.394 e. The van der Waals surface area contributed by atoms with Gasteiger partial charge in [-0.1, -0.05) is 22.9 Å². The molecule has 4 heterocycles. The Morgan fingerprint density at radius 3 is 2.82 bits per heavy atom. The zero-order chi connectivity index (χ0) is 26.6. The van der Waals surface area contributed by atoms with Gasteiger partial charge in [0.15, 0.2) is 5.82 Å². The maximum absolute atomic E-state index is 14.0. The zero-order valence-corrected chi connectivity index (χ0v) is 21.9. The molecular formula is C25H23ClFN7O3S. The fourth-order valence-electron chi connectivity index (χ4n) is 4.75. The third-order valence-corrected chi connectivity index (χ3v) is 7.80. The van der Waals surface area contributed by atoms with Crippen LogP contribution in [0.1, 0.15) is 35.2 Å². The molecule has 1 aliphatic heterocycles. The van der Waals surface area contributed by atoms with E-state index in [-0.39, 0.29) is 11.4 Å².